The maximum absolute atomic E-state index is 12.6. The normalized spacial score (nSPS) is 17.6. The molecule has 1 N–H and O–H groups in total. The van der Waals surface area contributed by atoms with Crippen LogP contribution in [0, 0.1) is 13.8 Å². The third kappa shape index (κ3) is 10.0. The number of carbonyl (C=O) groups is 2. The lowest BCUT2D eigenvalue weighted by Gasteiger charge is -2.38. The number of hydrogen-bond acceptors (Lipinski definition) is 4. The summed E-state index contributed by atoms with van der Waals surface area (Å²) in [5.41, 5.74) is 5.70. The van der Waals surface area contributed by atoms with E-state index < -0.39 is 0 Å². The fraction of sp³-hybridized carbons (Fsp3) is 0.487. The molecule has 0 bridgehead atoms. The molecule has 2 saturated heterocycles. The SMILES string of the molecule is CCC(=O)N(c1ccccc1)C1CCN(CCc2ccccc2)CC1.CCCN1CCCC[C@H]1C(=O)Nc1c(C)cccc1C. The van der Waals surface area contributed by atoms with Gasteiger partial charge in [-0.3, -0.25) is 14.5 Å². The van der Waals surface area contributed by atoms with Gasteiger partial charge in [0.05, 0.1) is 6.04 Å². The van der Waals surface area contributed by atoms with Crippen LogP contribution >= 0.6 is 0 Å². The summed E-state index contributed by atoms with van der Waals surface area (Å²) >= 11 is 0. The summed E-state index contributed by atoms with van der Waals surface area (Å²) in [4.78, 5) is 32.0. The monoisotopic (exact) mass is 610 g/mol. The summed E-state index contributed by atoms with van der Waals surface area (Å²) in [6.07, 6.45) is 8.22. The first-order valence-electron chi connectivity index (χ1n) is 17.2. The van der Waals surface area contributed by atoms with Crippen molar-refractivity contribution < 1.29 is 9.59 Å². The van der Waals surface area contributed by atoms with Crippen molar-refractivity contribution in [3.8, 4) is 0 Å². The maximum Gasteiger partial charge on any atom is 0.241 e. The molecular formula is C39H54N4O2. The van der Waals surface area contributed by atoms with Crippen LogP contribution in [0.2, 0.25) is 0 Å². The van der Waals surface area contributed by atoms with Gasteiger partial charge in [0, 0.05) is 43.5 Å². The van der Waals surface area contributed by atoms with Gasteiger partial charge in [-0.1, -0.05) is 87.0 Å². The summed E-state index contributed by atoms with van der Waals surface area (Å²) in [5.74, 6) is 0.393. The van der Waals surface area contributed by atoms with Gasteiger partial charge in [0.15, 0.2) is 0 Å². The summed E-state index contributed by atoms with van der Waals surface area (Å²) < 4.78 is 0. The van der Waals surface area contributed by atoms with Crippen LogP contribution in [0.5, 0.6) is 0 Å². The molecule has 3 aromatic carbocycles. The fourth-order valence-electron chi connectivity index (χ4n) is 6.71. The van der Waals surface area contributed by atoms with Crippen molar-refractivity contribution in [3.05, 3.63) is 95.6 Å². The molecule has 6 heteroatoms. The molecule has 0 spiro atoms. The molecule has 242 valence electrons. The third-order valence-corrected chi connectivity index (χ3v) is 9.24. The van der Waals surface area contributed by atoms with Gasteiger partial charge in [-0.2, -0.15) is 0 Å². The zero-order valence-corrected chi connectivity index (χ0v) is 28.0. The summed E-state index contributed by atoms with van der Waals surface area (Å²) in [5, 5.41) is 3.16. The van der Waals surface area contributed by atoms with Crippen LogP contribution < -0.4 is 10.2 Å². The number of piperidine rings is 2. The Hall–Kier alpha value is -3.48. The van der Waals surface area contributed by atoms with E-state index in [1.165, 1.54) is 12.0 Å². The number of nitrogens with one attached hydrogen (secondary N) is 1. The van der Waals surface area contributed by atoms with Crippen LogP contribution in [-0.4, -0.2) is 66.4 Å². The molecule has 6 nitrogen and oxygen atoms in total. The zero-order chi connectivity index (χ0) is 32.0. The second-order valence-corrected chi connectivity index (χ2v) is 12.6. The summed E-state index contributed by atoms with van der Waals surface area (Å²) in [7, 11) is 0. The average molecular weight is 611 g/mol. The summed E-state index contributed by atoms with van der Waals surface area (Å²) in [6, 6.07) is 27.3. The number of likely N-dealkylation sites (tertiary alicyclic amines) is 2. The molecule has 0 aliphatic carbocycles. The molecule has 3 aromatic rings. The molecule has 0 saturated carbocycles. The van der Waals surface area contributed by atoms with Crippen molar-refractivity contribution in [2.24, 2.45) is 0 Å². The first kappa shape index (κ1) is 34.4. The highest BCUT2D eigenvalue weighted by atomic mass is 16.2. The van der Waals surface area contributed by atoms with Crippen molar-refractivity contribution >= 4 is 23.2 Å². The number of carbonyl (C=O) groups excluding carboxylic acids is 2. The molecule has 0 radical (unpaired) electrons. The smallest absolute Gasteiger partial charge is 0.241 e. The van der Waals surface area contributed by atoms with Crippen LogP contribution in [0.3, 0.4) is 0 Å². The van der Waals surface area contributed by atoms with Crippen molar-refractivity contribution in [2.45, 2.75) is 91.1 Å². The zero-order valence-electron chi connectivity index (χ0n) is 28.0. The molecule has 0 aromatic heterocycles. The first-order valence-corrected chi connectivity index (χ1v) is 17.2. The number of rotatable bonds is 10. The Morgan fingerprint density at radius 3 is 2.04 bits per heavy atom. The molecule has 0 unspecified atom stereocenters. The van der Waals surface area contributed by atoms with Gasteiger partial charge < -0.3 is 15.1 Å². The minimum atomic E-state index is 0.0442. The number of nitrogens with zero attached hydrogens (tertiary/aromatic N) is 3. The minimum Gasteiger partial charge on any atom is -0.324 e. The second-order valence-electron chi connectivity index (χ2n) is 12.6. The van der Waals surface area contributed by atoms with Gasteiger partial charge in [-0.25, -0.2) is 0 Å². The van der Waals surface area contributed by atoms with Crippen LogP contribution in [0.1, 0.15) is 75.5 Å². The highest BCUT2D eigenvalue weighted by Gasteiger charge is 2.29. The van der Waals surface area contributed by atoms with Gasteiger partial charge in [-0.05, 0) is 94.3 Å². The Balaban J connectivity index is 0.000000210. The van der Waals surface area contributed by atoms with E-state index in [0.29, 0.717) is 12.5 Å². The lowest BCUT2D eigenvalue weighted by molar-refractivity contribution is -0.122. The number of hydrogen-bond donors (Lipinski definition) is 1. The Morgan fingerprint density at radius 2 is 1.42 bits per heavy atom. The van der Waals surface area contributed by atoms with Crippen LogP contribution in [0.15, 0.2) is 78.9 Å². The third-order valence-electron chi connectivity index (χ3n) is 9.24. The standard InChI is InChI=1S/C22H28N2O.C17H26N2O/c1-2-22(25)24(20-11-7-4-8-12-20)21-14-17-23(18-15-21)16-13-19-9-5-3-6-10-19;1-4-11-19-12-6-5-10-15(19)17(20)18-16-13(2)8-7-9-14(16)3/h3-12,21H,2,13-18H2,1H3;7-9,15H,4-6,10-12H2,1-3H3,(H,18,20)/t;15-/m.0/s1. The van der Waals surface area contributed by atoms with E-state index in [4.69, 9.17) is 0 Å². The van der Waals surface area contributed by atoms with Crippen molar-refractivity contribution in [2.75, 3.05) is 42.9 Å². The van der Waals surface area contributed by atoms with Gasteiger partial charge in [0.25, 0.3) is 0 Å². The van der Waals surface area contributed by atoms with Crippen molar-refractivity contribution in [1.29, 1.82) is 0 Å². The predicted octanol–water partition coefficient (Wildman–Crippen LogP) is 7.64. The maximum atomic E-state index is 12.6. The van der Waals surface area contributed by atoms with E-state index in [1.54, 1.807) is 0 Å². The number of anilines is 2. The predicted molar refractivity (Wildman–Crippen MR) is 188 cm³/mol. The van der Waals surface area contributed by atoms with E-state index in [0.717, 1.165) is 93.8 Å². The number of para-hydroxylation sites is 2. The Labute approximate surface area is 271 Å². The highest BCUT2D eigenvalue weighted by Crippen LogP contribution is 2.25. The Kier molecular flexibility index (Phi) is 13.7. The van der Waals surface area contributed by atoms with Crippen LogP contribution in [0.4, 0.5) is 11.4 Å². The quantitative estimate of drug-likeness (QED) is 0.256. The Morgan fingerprint density at radius 1 is 0.778 bits per heavy atom. The topological polar surface area (TPSA) is 55.9 Å². The van der Waals surface area contributed by atoms with Crippen molar-refractivity contribution in [3.63, 3.8) is 0 Å². The minimum absolute atomic E-state index is 0.0442. The molecule has 2 amide bonds. The summed E-state index contributed by atoms with van der Waals surface area (Å²) in [6.45, 7) is 13.5. The van der Waals surface area contributed by atoms with E-state index in [-0.39, 0.29) is 17.9 Å². The second kappa shape index (κ2) is 17.9. The number of amides is 2. The highest BCUT2D eigenvalue weighted by molar-refractivity contribution is 5.96. The van der Waals surface area contributed by atoms with E-state index in [9.17, 15) is 9.59 Å². The average Bonchev–Trinajstić information content (AvgIpc) is 3.08. The number of aryl methyl sites for hydroxylation is 2. The van der Waals surface area contributed by atoms with Crippen molar-refractivity contribution in [1.82, 2.24) is 9.80 Å². The molecule has 45 heavy (non-hydrogen) atoms. The van der Waals surface area contributed by atoms with E-state index in [1.807, 2.05) is 62.1 Å². The lowest BCUT2D eigenvalue weighted by Crippen LogP contribution is -2.47. The number of benzene rings is 3. The Bertz CT molecular complexity index is 1300. The molecule has 2 fully saturated rings. The molecule has 2 heterocycles. The van der Waals surface area contributed by atoms with Crippen LogP contribution in [0.25, 0.3) is 0 Å². The largest absolute Gasteiger partial charge is 0.324 e. The van der Waals surface area contributed by atoms with Gasteiger partial charge >= 0.3 is 0 Å². The molecule has 5 rings (SSSR count). The molecule has 2 aliphatic heterocycles. The van der Waals surface area contributed by atoms with E-state index in [2.05, 4.69) is 64.5 Å². The van der Waals surface area contributed by atoms with Gasteiger partial charge in [0.1, 0.15) is 0 Å². The van der Waals surface area contributed by atoms with E-state index >= 15 is 0 Å². The lowest BCUT2D eigenvalue weighted by atomic mass is 10.0. The fourth-order valence-corrected chi connectivity index (χ4v) is 6.71. The molecule has 2 aliphatic rings. The molecule has 1 atom stereocenters. The van der Waals surface area contributed by atoms with Gasteiger partial charge in [-0.15, -0.1) is 0 Å². The van der Waals surface area contributed by atoms with Gasteiger partial charge in [0.2, 0.25) is 11.8 Å². The van der Waals surface area contributed by atoms with Crippen LogP contribution in [-0.2, 0) is 16.0 Å². The molecular weight excluding hydrogens is 556 g/mol. The first-order chi connectivity index (χ1) is 21.9.